The summed E-state index contributed by atoms with van der Waals surface area (Å²) in [4.78, 5) is 12.4. The molecular weight excluding hydrogens is 371 g/mol. The van der Waals surface area contributed by atoms with Crippen molar-refractivity contribution < 1.29 is 4.79 Å². The average Bonchev–Trinajstić information content (AvgIpc) is 2.36. The monoisotopic (exact) mass is 400 g/mol. The quantitative estimate of drug-likeness (QED) is 0.313. The van der Waals surface area contributed by atoms with Crippen molar-refractivity contribution in [1.29, 1.82) is 0 Å². The van der Waals surface area contributed by atoms with E-state index in [1.807, 2.05) is 6.92 Å². The number of carbonyl (C=O) groups is 1. The summed E-state index contributed by atoms with van der Waals surface area (Å²) in [5.74, 6) is 1.76. The largest absolute Gasteiger partial charge is 0.299 e. The maximum Gasteiger partial charge on any atom is 0.135 e. The molecule has 0 aliphatic heterocycles. The van der Waals surface area contributed by atoms with Crippen molar-refractivity contribution in [3.63, 3.8) is 0 Å². The lowest BCUT2D eigenvalue weighted by atomic mass is 9.46. The van der Waals surface area contributed by atoms with Crippen LogP contribution in [0.25, 0.3) is 0 Å². The molecule has 118 valence electrons. The van der Waals surface area contributed by atoms with Gasteiger partial charge < -0.3 is 0 Å². The van der Waals surface area contributed by atoms with E-state index in [9.17, 15) is 4.79 Å². The van der Waals surface area contributed by atoms with Gasteiger partial charge in [0.05, 0.1) is 0 Å². The van der Waals surface area contributed by atoms with Crippen LogP contribution in [0.4, 0.5) is 0 Å². The van der Waals surface area contributed by atoms with Crippen LogP contribution in [0.3, 0.4) is 0 Å². The number of halogens is 1. The van der Waals surface area contributed by atoms with Gasteiger partial charge in [-0.15, -0.1) is 0 Å². The number of alkyl halides is 1. The highest BCUT2D eigenvalue weighted by molar-refractivity contribution is 14.1. The van der Waals surface area contributed by atoms with E-state index in [-0.39, 0.29) is 10.8 Å². The minimum Gasteiger partial charge on any atom is -0.299 e. The Morgan fingerprint density at radius 2 is 1.95 bits per heavy atom. The molecule has 3 aliphatic carbocycles. The lowest BCUT2D eigenvalue weighted by molar-refractivity contribution is -0.137. The first-order valence-corrected chi connectivity index (χ1v) is 9.67. The van der Waals surface area contributed by atoms with Gasteiger partial charge in [-0.25, -0.2) is 0 Å². The molecule has 2 saturated carbocycles. The number of ketones is 1. The Balaban J connectivity index is 2.00. The van der Waals surface area contributed by atoms with Gasteiger partial charge in [-0.3, -0.25) is 4.79 Å². The highest BCUT2D eigenvalue weighted by Gasteiger charge is 2.56. The highest BCUT2D eigenvalue weighted by atomic mass is 127. The van der Waals surface area contributed by atoms with Gasteiger partial charge >= 0.3 is 0 Å². The maximum absolute atomic E-state index is 12.4. The van der Waals surface area contributed by atoms with Crippen molar-refractivity contribution in [3.8, 4) is 0 Å². The predicted molar refractivity (Wildman–Crippen MR) is 96.7 cm³/mol. The van der Waals surface area contributed by atoms with Crippen LogP contribution in [0.15, 0.2) is 11.6 Å². The molecule has 0 radical (unpaired) electrons. The minimum atomic E-state index is -0.0795. The third-order valence-electron chi connectivity index (χ3n) is 7.06. The zero-order valence-corrected chi connectivity index (χ0v) is 16.1. The normalized spacial score (nSPS) is 49.9. The molecule has 2 unspecified atom stereocenters. The second-order valence-electron chi connectivity index (χ2n) is 8.55. The Morgan fingerprint density at radius 1 is 1.24 bits per heavy atom. The van der Waals surface area contributed by atoms with Gasteiger partial charge in [0.1, 0.15) is 5.78 Å². The predicted octanol–water partition coefficient (Wildman–Crippen LogP) is 5.71. The van der Waals surface area contributed by atoms with E-state index in [1.54, 1.807) is 5.57 Å². The molecule has 21 heavy (non-hydrogen) atoms. The summed E-state index contributed by atoms with van der Waals surface area (Å²) in [6.07, 6.45) is 11.3. The molecule has 2 heteroatoms. The third kappa shape index (κ3) is 2.44. The summed E-state index contributed by atoms with van der Waals surface area (Å²) in [7, 11) is 0. The van der Waals surface area contributed by atoms with Crippen molar-refractivity contribution in [2.75, 3.05) is 0 Å². The van der Waals surface area contributed by atoms with Crippen molar-refractivity contribution in [2.45, 2.75) is 76.1 Å². The van der Waals surface area contributed by atoms with Crippen LogP contribution in [-0.4, -0.2) is 9.20 Å². The molecule has 0 aromatic carbocycles. The zero-order valence-electron chi connectivity index (χ0n) is 14.0. The van der Waals surface area contributed by atoms with Crippen LogP contribution < -0.4 is 0 Å². The van der Waals surface area contributed by atoms with Crippen LogP contribution in [0, 0.1) is 22.7 Å². The van der Waals surface area contributed by atoms with Crippen LogP contribution in [0.5, 0.6) is 0 Å². The van der Waals surface area contributed by atoms with Gasteiger partial charge in [0.15, 0.2) is 0 Å². The van der Waals surface area contributed by atoms with Crippen LogP contribution in [0.2, 0.25) is 0 Å². The Hall–Kier alpha value is 0.140. The van der Waals surface area contributed by atoms with Gasteiger partial charge in [-0.05, 0) is 62.7 Å². The van der Waals surface area contributed by atoms with Gasteiger partial charge in [0.25, 0.3) is 0 Å². The Bertz CT molecular complexity index is 492. The fourth-order valence-corrected chi connectivity index (χ4v) is 6.55. The number of rotatable bonds is 1. The molecule has 0 aromatic heterocycles. The summed E-state index contributed by atoms with van der Waals surface area (Å²) in [5, 5.41) is 0. The SMILES string of the molecule is CC(=O)[C@]1(C)CCC[C@@]2(C)C3=CC[C@](C)(I)CC3CCC12. The van der Waals surface area contributed by atoms with E-state index in [4.69, 9.17) is 0 Å². The van der Waals surface area contributed by atoms with E-state index in [2.05, 4.69) is 49.4 Å². The number of fused-ring (bicyclic) bond motifs is 3. The standard InChI is InChI=1S/C19H29IO/c1-13(21)18(3)9-5-10-19(4)15-8-11-17(2,20)12-14(15)6-7-16(18)19/h8,14,16H,5-7,9-12H2,1-4H3/t14?,16?,17-,18-,19-/m0/s1. The first kappa shape index (κ1) is 16.0. The molecule has 0 heterocycles. The second-order valence-corrected chi connectivity index (χ2v) is 11.2. The third-order valence-corrected chi connectivity index (χ3v) is 7.94. The van der Waals surface area contributed by atoms with Gasteiger partial charge in [-0.2, -0.15) is 0 Å². The molecule has 0 N–H and O–H groups in total. The lowest BCUT2D eigenvalue weighted by Gasteiger charge is -2.58. The average molecular weight is 400 g/mol. The Morgan fingerprint density at radius 3 is 2.62 bits per heavy atom. The summed E-state index contributed by atoms with van der Waals surface area (Å²) < 4.78 is 0.438. The van der Waals surface area contributed by atoms with Gasteiger partial charge in [-0.1, -0.05) is 61.4 Å². The molecule has 3 rings (SSSR count). The van der Waals surface area contributed by atoms with Crippen molar-refractivity contribution in [3.05, 3.63) is 11.6 Å². The summed E-state index contributed by atoms with van der Waals surface area (Å²) >= 11 is 2.65. The number of hydrogen-bond donors (Lipinski definition) is 0. The summed E-state index contributed by atoms with van der Waals surface area (Å²) in [6.45, 7) is 8.96. The molecule has 0 aromatic rings. The molecule has 0 amide bonds. The van der Waals surface area contributed by atoms with Gasteiger partial charge in [0, 0.05) is 8.84 Å². The van der Waals surface area contributed by atoms with Crippen LogP contribution in [0.1, 0.15) is 72.6 Å². The lowest BCUT2D eigenvalue weighted by Crippen LogP contribution is -2.52. The molecular formula is C19H29IO. The van der Waals surface area contributed by atoms with Crippen molar-refractivity contribution in [2.24, 2.45) is 22.7 Å². The number of Topliss-reactive ketones (excluding diaryl/α,β-unsaturated/α-hetero) is 1. The fraction of sp³-hybridized carbons (Fsp3) is 0.842. The van der Waals surface area contributed by atoms with E-state index in [1.165, 1.54) is 38.5 Å². The molecule has 0 saturated heterocycles. The van der Waals surface area contributed by atoms with Crippen LogP contribution in [-0.2, 0) is 4.79 Å². The van der Waals surface area contributed by atoms with E-state index >= 15 is 0 Å². The van der Waals surface area contributed by atoms with Crippen LogP contribution >= 0.6 is 22.6 Å². The Kier molecular flexibility index (Phi) is 3.87. The number of allylic oxidation sites excluding steroid dienone is 2. The van der Waals surface area contributed by atoms with E-state index in [0.29, 0.717) is 15.1 Å². The van der Waals surface area contributed by atoms with Gasteiger partial charge in [0.2, 0.25) is 0 Å². The molecule has 0 spiro atoms. The molecule has 0 bridgehead atoms. The molecule has 3 aliphatic rings. The summed E-state index contributed by atoms with van der Waals surface area (Å²) in [6, 6.07) is 0. The van der Waals surface area contributed by atoms with E-state index in [0.717, 1.165) is 12.3 Å². The molecule has 5 atom stereocenters. The number of hydrogen-bond acceptors (Lipinski definition) is 1. The first-order chi connectivity index (χ1) is 9.69. The fourth-order valence-electron chi connectivity index (χ4n) is 5.80. The van der Waals surface area contributed by atoms with E-state index < -0.39 is 0 Å². The minimum absolute atomic E-state index is 0.0795. The van der Waals surface area contributed by atoms with Crippen molar-refractivity contribution in [1.82, 2.24) is 0 Å². The molecule has 2 fully saturated rings. The summed E-state index contributed by atoms with van der Waals surface area (Å²) in [5.41, 5.74) is 1.93. The second kappa shape index (κ2) is 5.07. The number of carbonyl (C=O) groups excluding carboxylic acids is 1. The van der Waals surface area contributed by atoms with Crippen molar-refractivity contribution >= 4 is 28.4 Å². The topological polar surface area (TPSA) is 17.1 Å². The highest BCUT2D eigenvalue weighted by Crippen LogP contribution is 2.63. The maximum atomic E-state index is 12.4. The molecule has 1 nitrogen and oxygen atoms in total. The first-order valence-electron chi connectivity index (χ1n) is 8.60. The smallest absolute Gasteiger partial charge is 0.135 e. The Labute approximate surface area is 143 Å². The zero-order chi connectivity index (χ0) is 15.5.